The molecule has 0 spiro atoms. The summed E-state index contributed by atoms with van der Waals surface area (Å²) in [4.78, 5) is 36.9. The van der Waals surface area contributed by atoms with Gasteiger partial charge in [-0.05, 0) is 86.8 Å². The monoisotopic (exact) mass is 601 g/mol. The fourth-order valence-electron chi connectivity index (χ4n) is 5.91. The zero-order valence-electron chi connectivity index (χ0n) is 26.2. The minimum absolute atomic E-state index is 0.0728. The summed E-state index contributed by atoms with van der Waals surface area (Å²) in [6, 6.07) is 24.5. The van der Waals surface area contributed by atoms with Crippen LogP contribution < -0.4 is 16.0 Å². The third kappa shape index (κ3) is 6.63. The van der Waals surface area contributed by atoms with Crippen LogP contribution in [0, 0.1) is 12.8 Å². The number of nitrogens with zero attached hydrogens (tertiary/aromatic N) is 4. The van der Waals surface area contributed by atoms with E-state index in [0.717, 1.165) is 53.8 Å². The van der Waals surface area contributed by atoms with Gasteiger partial charge in [0, 0.05) is 28.8 Å². The Morgan fingerprint density at radius 1 is 0.933 bits per heavy atom. The number of anilines is 2. The molecule has 230 valence electrons. The predicted molar refractivity (Wildman–Crippen MR) is 178 cm³/mol. The number of carbonyl (C=O) groups is 2. The Bertz CT molecular complexity index is 1830. The highest BCUT2D eigenvalue weighted by molar-refractivity contribution is 6.04. The molecule has 3 aromatic heterocycles. The lowest BCUT2D eigenvalue weighted by Crippen LogP contribution is -2.34. The number of aryl methyl sites for hydroxylation is 1. The van der Waals surface area contributed by atoms with Gasteiger partial charge in [-0.1, -0.05) is 56.7 Å². The van der Waals surface area contributed by atoms with E-state index >= 15 is 0 Å². The Balaban J connectivity index is 1.32. The minimum Gasteiger partial charge on any atom is -0.317 e. The summed E-state index contributed by atoms with van der Waals surface area (Å²) in [5.74, 6) is 0.0835. The largest absolute Gasteiger partial charge is 0.324 e. The van der Waals surface area contributed by atoms with Crippen molar-refractivity contribution >= 4 is 34.4 Å². The van der Waals surface area contributed by atoms with Crippen molar-refractivity contribution in [1.82, 2.24) is 25.1 Å². The van der Waals surface area contributed by atoms with Gasteiger partial charge in [0.2, 0.25) is 0 Å². The molecule has 1 fully saturated rings. The van der Waals surface area contributed by atoms with Crippen LogP contribution in [0.3, 0.4) is 0 Å². The van der Waals surface area contributed by atoms with Gasteiger partial charge in [0.15, 0.2) is 11.4 Å². The molecule has 0 aliphatic carbocycles. The van der Waals surface area contributed by atoms with E-state index < -0.39 is 11.9 Å². The molecule has 2 aromatic carbocycles. The molecule has 1 saturated heterocycles. The number of urea groups is 1. The number of hydrogen-bond acceptors (Lipinski definition) is 6. The number of pyridine rings is 2. The third-order valence-electron chi connectivity index (χ3n) is 8.40. The number of aromatic nitrogens is 4. The second kappa shape index (κ2) is 12.6. The number of para-hydroxylation sites is 1. The first-order valence-corrected chi connectivity index (χ1v) is 15.5. The predicted octanol–water partition coefficient (Wildman–Crippen LogP) is 7.03. The van der Waals surface area contributed by atoms with Gasteiger partial charge in [-0.25, -0.2) is 19.4 Å². The summed E-state index contributed by atoms with van der Waals surface area (Å²) >= 11 is 0. The SMILES string of the molecule is Cc1ccc(-n2nc(C(C)(C)C)cc2NC(=O)Nc2ccccc2C(C(=O)c2ccc3cccnc3n2)C2CCNCC2)cc1. The minimum atomic E-state index is -0.483. The quantitative estimate of drug-likeness (QED) is 0.173. The number of Topliss-reactive ketones (excluding diaryl/α,β-unsaturated/α-hetero) is 1. The Kier molecular flexibility index (Phi) is 8.45. The molecule has 1 aliphatic heterocycles. The van der Waals surface area contributed by atoms with Crippen molar-refractivity contribution in [2.24, 2.45) is 5.92 Å². The zero-order valence-corrected chi connectivity index (χ0v) is 26.2. The number of hydrogen-bond donors (Lipinski definition) is 3. The van der Waals surface area contributed by atoms with Crippen molar-refractivity contribution in [2.75, 3.05) is 23.7 Å². The second-order valence-electron chi connectivity index (χ2n) is 12.8. The van der Waals surface area contributed by atoms with Gasteiger partial charge in [0.1, 0.15) is 11.5 Å². The highest BCUT2D eigenvalue weighted by atomic mass is 16.2. The molecule has 0 radical (unpaired) electrons. The molecular weight excluding hydrogens is 562 g/mol. The van der Waals surface area contributed by atoms with Gasteiger partial charge in [0.05, 0.1) is 17.3 Å². The maximum absolute atomic E-state index is 14.3. The number of ketones is 1. The van der Waals surface area contributed by atoms with Gasteiger partial charge < -0.3 is 10.6 Å². The number of rotatable bonds is 7. The van der Waals surface area contributed by atoms with Gasteiger partial charge in [-0.2, -0.15) is 5.10 Å². The fraction of sp³-hybridized carbons (Fsp3) is 0.306. The molecule has 5 aromatic rings. The molecule has 3 N–H and O–H groups in total. The standard InChI is InChI=1S/C36H39N7O2/c1-23-11-14-26(15-12-23)43-31(22-30(42-43)36(2,3)4)41-35(45)40-28-10-6-5-9-27(28)32(24-17-20-37-21-18-24)33(44)29-16-13-25-8-7-19-38-34(25)39-29/h5-16,19,22,24,32,37H,17-18,20-21H2,1-4H3,(H2,40,41,45). The highest BCUT2D eigenvalue weighted by Gasteiger charge is 2.34. The summed E-state index contributed by atoms with van der Waals surface area (Å²) in [5.41, 5.74) is 4.90. The smallest absolute Gasteiger partial charge is 0.317 e. The van der Waals surface area contributed by atoms with E-state index in [-0.39, 0.29) is 17.1 Å². The molecule has 2 amide bonds. The average molecular weight is 602 g/mol. The van der Waals surface area contributed by atoms with Crippen molar-refractivity contribution in [3.8, 4) is 5.69 Å². The molecule has 4 heterocycles. The van der Waals surface area contributed by atoms with Crippen LogP contribution in [-0.2, 0) is 5.41 Å². The third-order valence-corrected chi connectivity index (χ3v) is 8.40. The first-order valence-electron chi connectivity index (χ1n) is 15.5. The van der Waals surface area contributed by atoms with Crippen LogP contribution in [0.4, 0.5) is 16.3 Å². The van der Waals surface area contributed by atoms with E-state index in [9.17, 15) is 9.59 Å². The van der Waals surface area contributed by atoms with Gasteiger partial charge >= 0.3 is 6.03 Å². The van der Waals surface area contributed by atoms with E-state index in [1.54, 1.807) is 16.9 Å². The molecule has 45 heavy (non-hydrogen) atoms. The molecule has 9 nitrogen and oxygen atoms in total. The number of nitrogens with one attached hydrogen (secondary N) is 3. The van der Waals surface area contributed by atoms with Crippen molar-refractivity contribution in [3.63, 3.8) is 0 Å². The van der Waals surface area contributed by atoms with Crippen LogP contribution in [0.5, 0.6) is 0 Å². The fourth-order valence-corrected chi connectivity index (χ4v) is 5.91. The van der Waals surface area contributed by atoms with E-state index in [1.807, 2.05) is 79.7 Å². The number of piperidine rings is 1. The molecule has 0 bridgehead atoms. The van der Waals surface area contributed by atoms with Gasteiger partial charge in [-0.3, -0.25) is 10.1 Å². The lowest BCUT2D eigenvalue weighted by atomic mass is 9.76. The van der Waals surface area contributed by atoms with Crippen molar-refractivity contribution in [1.29, 1.82) is 0 Å². The molecule has 1 unspecified atom stereocenters. The summed E-state index contributed by atoms with van der Waals surface area (Å²) < 4.78 is 1.76. The number of amides is 2. The lowest BCUT2D eigenvalue weighted by Gasteiger charge is -2.31. The van der Waals surface area contributed by atoms with E-state index in [1.165, 1.54) is 0 Å². The van der Waals surface area contributed by atoms with Crippen molar-refractivity contribution < 1.29 is 9.59 Å². The summed E-state index contributed by atoms with van der Waals surface area (Å²) in [7, 11) is 0. The molecule has 0 saturated carbocycles. The Morgan fingerprint density at radius 3 is 2.44 bits per heavy atom. The van der Waals surface area contributed by atoms with Crippen LogP contribution >= 0.6 is 0 Å². The van der Waals surface area contributed by atoms with E-state index in [4.69, 9.17) is 5.10 Å². The Hall–Kier alpha value is -4.89. The maximum atomic E-state index is 14.3. The molecule has 1 aliphatic rings. The molecule has 1 atom stereocenters. The van der Waals surface area contributed by atoms with Crippen molar-refractivity contribution in [3.05, 3.63) is 108 Å². The first-order chi connectivity index (χ1) is 21.7. The summed E-state index contributed by atoms with van der Waals surface area (Å²) in [6.45, 7) is 9.97. The van der Waals surface area contributed by atoms with Crippen LogP contribution in [-0.4, -0.2) is 44.7 Å². The second-order valence-corrected chi connectivity index (χ2v) is 12.8. The Morgan fingerprint density at radius 2 is 1.69 bits per heavy atom. The van der Waals surface area contributed by atoms with Crippen molar-refractivity contribution in [2.45, 2.75) is 51.9 Å². The lowest BCUT2D eigenvalue weighted by molar-refractivity contribution is 0.0911. The number of benzene rings is 2. The summed E-state index contributed by atoms with van der Waals surface area (Å²) in [5, 5.41) is 15.2. The highest BCUT2D eigenvalue weighted by Crippen LogP contribution is 2.38. The Labute approximate surface area is 263 Å². The van der Waals surface area contributed by atoms with E-state index in [2.05, 4.69) is 46.7 Å². The van der Waals surface area contributed by atoms with Crippen LogP contribution in [0.25, 0.3) is 16.7 Å². The zero-order chi connectivity index (χ0) is 31.6. The molecular formula is C36H39N7O2. The molecule has 6 rings (SSSR count). The normalized spacial score (nSPS) is 14.7. The van der Waals surface area contributed by atoms with Gasteiger partial charge in [-0.15, -0.1) is 0 Å². The number of carbonyl (C=O) groups excluding carboxylic acids is 2. The topological polar surface area (TPSA) is 114 Å². The number of fused-ring (bicyclic) bond motifs is 1. The average Bonchev–Trinajstić information content (AvgIpc) is 3.47. The maximum Gasteiger partial charge on any atom is 0.324 e. The molecule has 9 heteroatoms. The first kappa shape index (κ1) is 30.1. The van der Waals surface area contributed by atoms with Crippen LogP contribution in [0.2, 0.25) is 0 Å². The van der Waals surface area contributed by atoms with E-state index in [0.29, 0.717) is 22.8 Å². The van der Waals surface area contributed by atoms with Gasteiger partial charge in [0.25, 0.3) is 0 Å². The summed E-state index contributed by atoms with van der Waals surface area (Å²) in [6.07, 6.45) is 3.36. The van der Waals surface area contributed by atoms with Crippen LogP contribution in [0.1, 0.15) is 66.8 Å². The van der Waals surface area contributed by atoms with Crippen LogP contribution in [0.15, 0.2) is 85.1 Å².